The lowest BCUT2D eigenvalue weighted by Gasteiger charge is -2.34. The molecule has 3 heteroatoms. The van der Waals surface area contributed by atoms with Gasteiger partial charge < -0.3 is 9.64 Å². The van der Waals surface area contributed by atoms with Gasteiger partial charge in [-0.2, -0.15) is 0 Å². The Bertz CT molecular complexity index is 429. The normalized spacial score (nSPS) is 24.9. The van der Waals surface area contributed by atoms with Gasteiger partial charge in [0.2, 0.25) is 0 Å². The Hall–Kier alpha value is -1.06. The summed E-state index contributed by atoms with van der Waals surface area (Å²) in [5.41, 5.74) is 2.89. The number of hydrogen-bond acceptors (Lipinski definition) is 3. The first-order valence-corrected chi connectivity index (χ1v) is 7.96. The molecule has 0 bridgehead atoms. The minimum absolute atomic E-state index is 0.847. The van der Waals surface area contributed by atoms with Crippen molar-refractivity contribution in [2.45, 2.75) is 26.3 Å². The fourth-order valence-corrected chi connectivity index (χ4v) is 3.43. The van der Waals surface area contributed by atoms with Gasteiger partial charge in [-0.1, -0.05) is 25.1 Å². The Labute approximate surface area is 122 Å². The largest absolute Gasteiger partial charge is 0.378 e. The molecule has 110 valence electrons. The maximum absolute atomic E-state index is 5.47. The molecular formula is C17H26N2O. The van der Waals surface area contributed by atoms with E-state index in [4.69, 9.17) is 4.74 Å². The number of nitrogens with zero attached hydrogens (tertiary/aromatic N) is 2. The van der Waals surface area contributed by atoms with Gasteiger partial charge in [0.05, 0.1) is 13.2 Å². The predicted octanol–water partition coefficient (Wildman–Crippen LogP) is 2.76. The van der Waals surface area contributed by atoms with Crippen molar-refractivity contribution in [2.75, 3.05) is 44.3 Å². The van der Waals surface area contributed by atoms with Crippen LogP contribution in [0.1, 0.15) is 25.3 Å². The maximum atomic E-state index is 5.47. The highest BCUT2D eigenvalue weighted by atomic mass is 16.5. The molecule has 1 atom stereocenters. The number of rotatable bonds is 3. The number of anilines is 1. The molecule has 2 heterocycles. The van der Waals surface area contributed by atoms with E-state index in [1.165, 1.54) is 37.2 Å². The molecule has 0 radical (unpaired) electrons. The highest BCUT2D eigenvalue weighted by Gasteiger charge is 2.19. The highest BCUT2D eigenvalue weighted by Crippen LogP contribution is 2.25. The first-order valence-electron chi connectivity index (χ1n) is 7.96. The van der Waals surface area contributed by atoms with E-state index >= 15 is 0 Å². The van der Waals surface area contributed by atoms with Crippen molar-refractivity contribution in [3.63, 3.8) is 0 Å². The number of para-hydroxylation sites is 1. The Kier molecular flexibility index (Phi) is 4.58. The van der Waals surface area contributed by atoms with Gasteiger partial charge in [-0.3, -0.25) is 4.90 Å². The van der Waals surface area contributed by atoms with Crippen LogP contribution in [-0.4, -0.2) is 44.3 Å². The fraction of sp³-hybridized carbons (Fsp3) is 0.647. The van der Waals surface area contributed by atoms with Crippen LogP contribution in [0.5, 0.6) is 0 Å². The van der Waals surface area contributed by atoms with E-state index in [2.05, 4.69) is 41.0 Å². The van der Waals surface area contributed by atoms with E-state index in [1.54, 1.807) is 0 Å². The van der Waals surface area contributed by atoms with E-state index in [9.17, 15) is 0 Å². The van der Waals surface area contributed by atoms with Crippen molar-refractivity contribution >= 4 is 5.69 Å². The Morgan fingerprint density at radius 3 is 2.75 bits per heavy atom. The molecular weight excluding hydrogens is 248 g/mol. The summed E-state index contributed by atoms with van der Waals surface area (Å²) in [6.45, 7) is 9.72. The van der Waals surface area contributed by atoms with E-state index in [0.717, 1.165) is 38.8 Å². The molecule has 2 saturated heterocycles. The molecule has 1 aromatic rings. The van der Waals surface area contributed by atoms with E-state index < -0.39 is 0 Å². The Morgan fingerprint density at radius 1 is 1.15 bits per heavy atom. The average Bonchev–Trinajstić information content (AvgIpc) is 2.49. The topological polar surface area (TPSA) is 15.7 Å². The van der Waals surface area contributed by atoms with E-state index in [0.29, 0.717) is 0 Å². The zero-order chi connectivity index (χ0) is 13.8. The zero-order valence-corrected chi connectivity index (χ0v) is 12.6. The van der Waals surface area contributed by atoms with Crippen LogP contribution in [0.4, 0.5) is 5.69 Å². The molecule has 0 N–H and O–H groups in total. The molecule has 2 fully saturated rings. The minimum atomic E-state index is 0.847. The van der Waals surface area contributed by atoms with Gasteiger partial charge in [-0.15, -0.1) is 0 Å². The SMILES string of the molecule is C[C@@H]1CCCN(Cc2ccccc2N2CCOCC2)C1. The molecule has 2 aliphatic rings. The fourth-order valence-electron chi connectivity index (χ4n) is 3.43. The summed E-state index contributed by atoms with van der Waals surface area (Å²) in [5, 5.41) is 0. The molecule has 1 aromatic carbocycles. The van der Waals surface area contributed by atoms with Crippen LogP contribution in [0.3, 0.4) is 0 Å². The molecule has 0 spiro atoms. The standard InChI is InChI=1S/C17H26N2O/c1-15-5-4-8-18(13-15)14-16-6-2-3-7-17(16)19-9-11-20-12-10-19/h2-3,6-7,15H,4-5,8-14H2,1H3/t15-/m1/s1. The van der Waals surface area contributed by atoms with Crippen molar-refractivity contribution < 1.29 is 4.74 Å². The Morgan fingerprint density at radius 2 is 1.95 bits per heavy atom. The van der Waals surface area contributed by atoms with Crippen LogP contribution in [0.25, 0.3) is 0 Å². The third-order valence-corrected chi connectivity index (χ3v) is 4.48. The third-order valence-electron chi connectivity index (χ3n) is 4.48. The van der Waals surface area contributed by atoms with Gasteiger partial charge in [-0.25, -0.2) is 0 Å². The maximum Gasteiger partial charge on any atom is 0.0642 e. The molecule has 0 aromatic heterocycles. The second-order valence-electron chi connectivity index (χ2n) is 6.21. The summed E-state index contributed by atoms with van der Waals surface area (Å²) < 4.78 is 5.47. The highest BCUT2D eigenvalue weighted by molar-refractivity contribution is 5.53. The molecule has 3 rings (SSSR count). The van der Waals surface area contributed by atoms with Crippen LogP contribution >= 0.6 is 0 Å². The van der Waals surface area contributed by atoms with Gasteiger partial charge in [0.25, 0.3) is 0 Å². The number of benzene rings is 1. The van der Waals surface area contributed by atoms with Crippen LogP contribution in [-0.2, 0) is 11.3 Å². The van der Waals surface area contributed by atoms with Crippen molar-refractivity contribution in [3.05, 3.63) is 29.8 Å². The second kappa shape index (κ2) is 6.59. The number of ether oxygens (including phenoxy) is 1. The van der Waals surface area contributed by atoms with Crippen molar-refractivity contribution in [3.8, 4) is 0 Å². The summed E-state index contributed by atoms with van der Waals surface area (Å²) >= 11 is 0. The second-order valence-corrected chi connectivity index (χ2v) is 6.21. The van der Waals surface area contributed by atoms with Crippen molar-refractivity contribution in [2.24, 2.45) is 5.92 Å². The average molecular weight is 274 g/mol. The van der Waals surface area contributed by atoms with Crippen molar-refractivity contribution in [1.29, 1.82) is 0 Å². The number of piperidine rings is 1. The lowest BCUT2D eigenvalue weighted by atomic mass is 9.99. The van der Waals surface area contributed by atoms with Gasteiger partial charge in [-0.05, 0) is 36.9 Å². The van der Waals surface area contributed by atoms with Crippen LogP contribution in [0.15, 0.2) is 24.3 Å². The third kappa shape index (κ3) is 3.33. The first-order chi connectivity index (χ1) is 9.83. The quantitative estimate of drug-likeness (QED) is 0.843. The van der Waals surface area contributed by atoms with Gasteiger partial charge in [0, 0.05) is 31.9 Å². The summed E-state index contributed by atoms with van der Waals surface area (Å²) in [5.74, 6) is 0.847. The summed E-state index contributed by atoms with van der Waals surface area (Å²) in [6, 6.07) is 8.90. The lowest BCUT2D eigenvalue weighted by Crippen LogP contribution is -2.38. The molecule has 0 aliphatic carbocycles. The predicted molar refractivity (Wildman–Crippen MR) is 83.1 cm³/mol. The van der Waals surface area contributed by atoms with Gasteiger partial charge in [0.15, 0.2) is 0 Å². The number of likely N-dealkylation sites (tertiary alicyclic amines) is 1. The Balaban J connectivity index is 1.71. The zero-order valence-electron chi connectivity index (χ0n) is 12.6. The number of hydrogen-bond donors (Lipinski definition) is 0. The molecule has 0 amide bonds. The number of morpholine rings is 1. The van der Waals surface area contributed by atoms with Gasteiger partial charge >= 0.3 is 0 Å². The van der Waals surface area contributed by atoms with Crippen LogP contribution < -0.4 is 4.90 Å². The lowest BCUT2D eigenvalue weighted by molar-refractivity contribution is 0.122. The molecule has 0 saturated carbocycles. The van der Waals surface area contributed by atoms with Crippen LogP contribution in [0, 0.1) is 5.92 Å². The van der Waals surface area contributed by atoms with E-state index in [1.807, 2.05) is 0 Å². The monoisotopic (exact) mass is 274 g/mol. The molecule has 0 unspecified atom stereocenters. The van der Waals surface area contributed by atoms with Gasteiger partial charge in [0.1, 0.15) is 0 Å². The van der Waals surface area contributed by atoms with Crippen molar-refractivity contribution in [1.82, 2.24) is 4.90 Å². The molecule has 2 aliphatic heterocycles. The smallest absolute Gasteiger partial charge is 0.0642 e. The minimum Gasteiger partial charge on any atom is -0.378 e. The molecule has 20 heavy (non-hydrogen) atoms. The molecule has 3 nitrogen and oxygen atoms in total. The summed E-state index contributed by atoms with van der Waals surface area (Å²) in [7, 11) is 0. The summed E-state index contributed by atoms with van der Waals surface area (Å²) in [6.07, 6.45) is 2.74. The first kappa shape index (κ1) is 13.9. The summed E-state index contributed by atoms with van der Waals surface area (Å²) in [4.78, 5) is 5.10. The van der Waals surface area contributed by atoms with E-state index in [-0.39, 0.29) is 0 Å². The van der Waals surface area contributed by atoms with Crippen LogP contribution in [0.2, 0.25) is 0 Å².